The lowest BCUT2D eigenvalue weighted by Crippen LogP contribution is -2.30. The van der Waals surface area contributed by atoms with Crippen LogP contribution in [-0.4, -0.2) is 50.6 Å². The van der Waals surface area contributed by atoms with E-state index in [1.807, 2.05) is 133 Å². The fourth-order valence-electron chi connectivity index (χ4n) is 5.60. The molecule has 2 atom stereocenters. The second kappa shape index (κ2) is 17.4. The van der Waals surface area contributed by atoms with Crippen molar-refractivity contribution in [2.45, 2.75) is 12.2 Å². The Morgan fingerprint density at radius 3 is 1.44 bits per heavy atom. The van der Waals surface area contributed by atoms with Gasteiger partial charge in [-0.25, -0.2) is 9.59 Å². The van der Waals surface area contributed by atoms with Gasteiger partial charge in [-0.2, -0.15) is 0 Å². The monoisotopic (exact) mass is 694 g/mol. The molecule has 52 heavy (non-hydrogen) atoms. The highest BCUT2D eigenvalue weighted by Gasteiger charge is 2.19. The third-order valence-electron chi connectivity index (χ3n) is 8.16. The minimum atomic E-state index is -0.707. The summed E-state index contributed by atoms with van der Waals surface area (Å²) in [6.45, 7) is 7.32. The molecule has 0 aliphatic rings. The van der Waals surface area contributed by atoms with E-state index in [1.165, 1.54) is 0 Å². The van der Waals surface area contributed by atoms with Crippen LogP contribution in [0, 0.1) is 0 Å². The molecule has 6 rings (SSSR count). The van der Waals surface area contributed by atoms with E-state index in [1.54, 1.807) is 0 Å². The van der Waals surface area contributed by atoms with Gasteiger partial charge in [-0.3, -0.25) is 0 Å². The molecular formula is C44H38O8. The Bertz CT molecular complexity index is 2150. The second-order valence-corrected chi connectivity index (χ2v) is 11.7. The summed E-state index contributed by atoms with van der Waals surface area (Å²) in [6, 6.07) is 42.5. The fraction of sp³-hybridized carbons (Fsp3) is 0.136. The number of rotatable bonds is 17. The van der Waals surface area contributed by atoms with E-state index in [2.05, 4.69) is 13.2 Å². The molecule has 0 aliphatic heterocycles. The topological polar surface area (TPSA) is 89.5 Å². The Morgan fingerprint density at radius 1 is 0.481 bits per heavy atom. The SMILES string of the molecule is C=CC(=O)OC(COc1ccc(-c2ccccc2OCC(COc2cccc3ccccc23)OC(=O)C=C)cc1)COc1cccc2ccccc12. The zero-order chi connectivity index (χ0) is 36.1. The lowest BCUT2D eigenvalue weighted by atomic mass is 10.0. The molecule has 8 heteroatoms. The van der Waals surface area contributed by atoms with Crippen molar-refractivity contribution in [1.29, 1.82) is 0 Å². The predicted molar refractivity (Wildman–Crippen MR) is 202 cm³/mol. The van der Waals surface area contributed by atoms with Gasteiger partial charge in [-0.1, -0.05) is 116 Å². The summed E-state index contributed by atoms with van der Waals surface area (Å²) in [6.07, 6.45) is 0.835. The molecule has 0 heterocycles. The fourth-order valence-corrected chi connectivity index (χ4v) is 5.60. The average molecular weight is 695 g/mol. The molecule has 0 spiro atoms. The molecule has 0 aromatic heterocycles. The average Bonchev–Trinajstić information content (AvgIpc) is 3.20. The molecule has 0 saturated carbocycles. The smallest absolute Gasteiger partial charge is 0.330 e. The summed E-state index contributed by atoms with van der Waals surface area (Å²) in [4.78, 5) is 24.3. The van der Waals surface area contributed by atoms with Gasteiger partial charge in [0, 0.05) is 28.5 Å². The van der Waals surface area contributed by atoms with E-state index in [0.29, 0.717) is 23.0 Å². The number of esters is 2. The molecule has 0 radical (unpaired) electrons. The first-order chi connectivity index (χ1) is 25.5. The Balaban J connectivity index is 1.09. The van der Waals surface area contributed by atoms with E-state index in [0.717, 1.165) is 44.8 Å². The molecule has 6 aromatic carbocycles. The number of fused-ring (bicyclic) bond motifs is 2. The predicted octanol–water partition coefficient (Wildman–Crippen LogP) is 8.77. The van der Waals surface area contributed by atoms with Crippen molar-refractivity contribution in [3.8, 4) is 34.1 Å². The van der Waals surface area contributed by atoms with Gasteiger partial charge in [-0.05, 0) is 46.7 Å². The molecule has 6 aromatic rings. The number of para-hydroxylation sites is 1. The van der Waals surface area contributed by atoms with Crippen LogP contribution >= 0.6 is 0 Å². The Morgan fingerprint density at radius 2 is 0.904 bits per heavy atom. The van der Waals surface area contributed by atoms with Crippen LogP contribution in [0.4, 0.5) is 0 Å². The van der Waals surface area contributed by atoms with Crippen LogP contribution in [0.3, 0.4) is 0 Å². The first kappa shape index (κ1) is 35.3. The van der Waals surface area contributed by atoms with Crippen LogP contribution in [0.5, 0.6) is 23.0 Å². The summed E-state index contributed by atoms with van der Waals surface area (Å²) in [5, 5.41) is 4.01. The summed E-state index contributed by atoms with van der Waals surface area (Å²) >= 11 is 0. The summed E-state index contributed by atoms with van der Waals surface area (Å²) < 4.78 is 35.6. The first-order valence-electron chi connectivity index (χ1n) is 16.8. The van der Waals surface area contributed by atoms with E-state index in [4.69, 9.17) is 28.4 Å². The maximum atomic E-state index is 12.2. The van der Waals surface area contributed by atoms with Crippen molar-refractivity contribution in [1.82, 2.24) is 0 Å². The molecule has 8 nitrogen and oxygen atoms in total. The van der Waals surface area contributed by atoms with Gasteiger partial charge in [0.25, 0.3) is 0 Å². The van der Waals surface area contributed by atoms with E-state index in [9.17, 15) is 9.59 Å². The lowest BCUT2D eigenvalue weighted by molar-refractivity contribution is -0.147. The van der Waals surface area contributed by atoms with Gasteiger partial charge in [-0.15, -0.1) is 0 Å². The van der Waals surface area contributed by atoms with Crippen molar-refractivity contribution in [3.63, 3.8) is 0 Å². The van der Waals surface area contributed by atoms with Crippen LogP contribution < -0.4 is 18.9 Å². The Hall–Kier alpha value is -6.54. The highest BCUT2D eigenvalue weighted by atomic mass is 16.6. The second-order valence-electron chi connectivity index (χ2n) is 11.7. The lowest BCUT2D eigenvalue weighted by Gasteiger charge is -2.20. The number of hydrogen-bond acceptors (Lipinski definition) is 8. The van der Waals surface area contributed by atoms with Gasteiger partial charge in [0.15, 0.2) is 12.2 Å². The van der Waals surface area contributed by atoms with E-state index >= 15 is 0 Å². The first-order valence-corrected chi connectivity index (χ1v) is 16.8. The highest BCUT2D eigenvalue weighted by molar-refractivity contribution is 5.89. The molecule has 0 saturated heterocycles. The standard InChI is InChI=1S/C44H38O8/c1-3-43(45)51-35(28-49-41-21-11-15-31-13-5-7-17-37(31)41)27-47-34-25-23-33(24-26-34)39-19-9-10-20-40(39)48-29-36(52-44(46)4-2)30-50-42-22-12-16-32-14-6-8-18-38(32)42/h3-26,35-36H,1-2,27-30H2. The number of carbonyl (C=O) groups is 2. The summed E-state index contributed by atoms with van der Waals surface area (Å²) in [5.74, 6) is 1.41. The minimum Gasteiger partial charge on any atom is -0.490 e. The van der Waals surface area contributed by atoms with Crippen LogP contribution in [0.1, 0.15) is 0 Å². The number of carbonyl (C=O) groups excluding carboxylic acids is 2. The maximum absolute atomic E-state index is 12.2. The molecule has 0 bridgehead atoms. The normalized spacial score (nSPS) is 11.9. The molecule has 0 fully saturated rings. The zero-order valence-corrected chi connectivity index (χ0v) is 28.5. The van der Waals surface area contributed by atoms with E-state index in [-0.39, 0.29) is 26.4 Å². The zero-order valence-electron chi connectivity index (χ0n) is 28.5. The molecule has 262 valence electrons. The molecule has 0 amide bonds. The summed E-state index contributed by atoms with van der Waals surface area (Å²) in [5.41, 5.74) is 1.71. The molecule has 2 unspecified atom stereocenters. The largest absolute Gasteiger partial charge is 0.490 e. The quantitative estimate of drug-likeness (QED) is 0.0692. The van der Waals surface area contributed by atoms with Gasteiger partial charge in [0.1, 0.15) is 49.4 Å². The van der Waals surface area contributed by atoms with Crippen molar-refractivity contribution < 1.29 is 38.0 Å². The van der Waals surface area contributed by atoms with Crippen molar-refractivity contribution >= 4 is 33.5 Å². The van der Waals surface area contributed by atoms with Gasteiger partial charge < -0.3 is 28.4 Å². The molecule has 0 aliphatic carbocycles. The van der Waals surface area contributed by atoms with Crippen molar-refractivity contribution in [2.75, 3.05) is 26.4 Å². The minimum absolute atomic E-state index is 0.0498. The Labute approximate surface area is 302 Å². The van der Waals surface area contributed by atoms with Crippen LogP contribution in [0.2, 0.25) is 0 Å². The van der Waals surface area contributed by atoms with Crippen molar-refractivity contribution in [3.05, 3.63) is 159 Å². The van der Waals surface area contributed by atoms with Crippen LogP contribution in [0.25, 0.3) is 32.7 Å². The van der Waals surface area contributed by atoms with E-state index < -0.39 is 24.1 Å². The Kier molecular flexibility index (Phi) is 11.8. The number of ether oxygens (including phenoxy) is 6. The maximum Gasteiger partial charge on any atom is 0.330 e. The highest BCUT2D eigenvalue weighted by Crippen LogP contribution is 2.32. The van der Waals surface area contributed by atoms with Gasteiger partial charge >= 0.3 is 11.9 Å². The van der Waals surface area contributed by atoms with Gasteiger partial charge in [0.05, 0.1) is 0 Å². The molecule has 0 N–H and O–H groups in total. The third kappa shape index (κ3) is 9.17. The third-order valence-corrected chi connectivity index (χ3v) is 8.16. The number of hydrogen-bond donors (Lipinski definition) is 0. The van der Waals surface area contributed by atoms with Gasteiger partial charge in [0.2, 0.25) is 0 Å². The van der Waals surface area contributed by atoms with Crippen molar-refractivity contribution in [2.24, 2.45) is 0 Å². The number of benzene rings is 6. The van der Waals surface area contributed by atoms with Crippen LogP contribution in [0.15, 0.2) is 159 Å². The van der Waals surface area contributed by atoms with Crippen LogP contribution in [-0.2, 0) is 19.1 Å². The molecular weight excluding hydrogens is 656 g/mol. The summed E-state index contributed by atoms with van der Waals surface area (Å²) in [7, 11) is 0.